The van der Waals surface area contributed by atoms with Crippen LogP contribution in [0, 0.1) is 10.1 Å². The molecule has 0 fully saturated rings. The zero-order valence-corrected chi connectivity index (χ0v) is 14.1. The van der Waals surface area contributed by atoms with Crippen molar-refractivity contribution in [2.75, 3.05) is 0 Å². The quantitative estimate of drug-likeness (QED) is 0.380. The third-order valence-electron chi connectivity index (χ3n) is 3.07. The molecule has 0 unspecified atom stereocenters. The lowest BCUT2D eigenvalue weighted by molar-refractivity contribution is -0.384. The third-order valence-corrected chi connectivity index (χ3v) is 3.07. The van der Waals surface area contributed by atoms with Crippen molar-refractivity contribution in [2.45, 2.75) is 39.4 Å². The van der Waals surface area contributed by atoms with E-state index in [2.05, 4.69) is 15.6 Å². The molecule has 0 saturated heterocycles. The highest BCUT2D eigenvalue weighted by atomic mass is 16.6. The van der Waals surface area contributed by atoms with Crippen molar-refractivity contribution in [1.29, 1.82) is 0 Å². The number of furan rings is 1. The van der Waals surface area contributed by atoms with E-state index in [1.54, 1.807) is 18.4 Å². The maximum absolute atomic E-state index is 10.7. The molecule has 2 aromatic rings. The number of nitrogens with one attached hydrogen (secondary N) is 2. The smallest absolute Gasteiger partial charge is 0.269 e. The molecule has 0 aliphatic heterocycles. The molecule has 0 radical (unpaired) electrons. The van der Waals surface area contributed by atoms with Gasteiger partial charge in [-0.1, -0.05) is 12.1 Å². The minimum atomic E-state index is -0.412. The SMILES string of the molecule is CC(C)(C)NC(=NCc1ccc([N+](=O)[O-])cc1)NCc1ccco1. The van der Waals surface area contributed by atoms with Crippen LogP contribution in [-0.2, 0) is 13.1 Å². The van der Waals surface area contributed by atoms with Gasteiger partial charge in [0.05, 0.1) is 24.3 Å². The second kappa shape index (κ2) is 7.63. The van der Waals surface area contributed by atoms with Crippen molar-refractivity contribution in [1.82, 2.24) is 10.6 Å². The van der Waals surface area contributed by atoms with E-state index in [1.165, 1.54) is 12.1 Å². The van der Waals surface area contributed by atoms with Gasteiger partial charge in [-0.3, -0.25) is 10.1 Å². The summed E-state index contributed by atoms with van der Waals surface area (Å²) in [6, 6.07) is 10.1. The Morgan fingerprint density at radius 1 is 1.25 bits per heavy atom. The lowest BCUT2D eigenvalue weighted by Crippen LogP contribution is -2.47. The van der Waals surface area contributed by atoms with E-state index in [1.807, 2.05) is 32.9 Å². The topological polar surface area (TPSA) is 92.7 Å². The summed E-state index contributed by atoms with van der Waals surface area (Å²) in [5.74, 6) is 1.46. The molecule has 7 heteroatoms. The molecule has 0 aliphatic rings. The van der Waals surface area contributed by atoms with Crippen molar-refractivity contribution in [3.8, 4) is 0 Å². The predicted molar refractivity (Wildman–Crippen MR) is 92.7 cm³/mol. The van der Waals surface area contributed by atoms with Gasteiger partial charge in [-0.25, -0.2) is 4.99 Å². The highest BCUT2D eigenvalue weighted by molar-refractivity contribution is 5.80. The Balaban J connectivity index is 2.04. The van der Waals surface area contributed by atoms with Gasteiger partial charge in [0.25, 0.3) is 5.69 Å². The first-order chi connectivity index (χ1) is 11.3. The van der Waals surface area contributed by atoms with E-state index in [9.17, 15) is 10.1 Å². The van der Waals surface area contributed by atoms with Crippen LogP contribution in [0.4, 0.5) is 5.69 Å². The van der Waals surface area contributed by atoms with Crippen molar-refractivity contribution < 1.29 is 9.34 Å². The van der Waals surface area contributed by atoms with Crippen molar-refractivity contribution in [3.05, 3.63) is 64.1 Å². The number of non-ortho nitro benzene ring substituents is 1. The molecule has 1 aromatic carbocycles. The third kappa shape index (κ3) is 5.75. The average molecular weight is 330 g/mol. The average Bonchev–Trinajstić information content (AvgIpc) is 3.02. The lowest BCUT2D eigenvalue weighted by Gasteiger charge is -2.24. The Labute approximate surface area is 140 Å². The first-order valence-corrected chi connectivity index (χ1v) is 7.66. The highest BCUT2D eigenvalue weighted by Gasteiger charge is 2.12. The van der Waals surface area contributed by atoms with Crippen LogP contribution >= 0.6 is 0 Å². The Morgan fingerprint density at radius 3 is 2.50 bits per heavy atom. The monoisotopic (exact) mass is 330 g/mol. The van der Waals surface area contributed by atoms with Crippen molar-refractivity contribution in [3.63, 3.8) is 0 Å². The number of nitro groups is 1. The Morgan fingerprint density at radius 2 is 1.96 bits per heavy atom. The van der Waals surface area contributed by atoms with Gasteiger partial charge in [0.15, 0.2) is 5.96 Å². The molecule has 128 valence electrons. The van der Waals surface area contributed by atoms with Crippen LogP contribution in [-0.4, -0.2) is 16.4 Å². The van der Waals surface area contributed by atoms with Crippen LogP contribution in [0.5, 0.6) is 0 Å². The van der Waals surface area contributed by atoms with Crippen LogP contribution in [0.1, 0.15) is 32.1 Å². The minimum absolute atomic E-state index is 0.0757. The van der Waals surface area contributed by atoms with E-state index >= 15 is 0 Å². The molecule has 1 aromatic heterocycles. The van der Waals surface area contributed by atoms with Gasteiger partial charge in [-0.15, -0.1) is 0 Å². The fourth-order valence-corrected chi connectivity index (χ4v) is 1.97. The minimum Gasteiger partial charge on any atom is -0.467 e. The van der Waals surface area contributed by atoms with Gasteiger partial charge in [0.2, 0.25) is 0 Å². The van der Waals surface area contributed by atoms with Crippen molar-refractivity contribution >= 4 is 11.6 Å². The molecule has 0 atom stereocenters. The first kappa shape index (κ1) is 17.5. The highest BCUT2D eigenvalue weighted by Crippen LogP contribution is 2.12. The summed E-state index contributed by atoms with van der Waals surface area (Å²) in [7, 11) is 0. The Bertz CT molecular complexity index is 686. The van der Waals surface area contributed by atoms with E-state index in [0.29, 0.717) is 19.0 Å². The summed E-state index contributed by atoms with van der Waals surface area (Å²) in [6.45, 7) is 7.08. The van der Waals surface area contributed by atoms with Crippen LogP contribution in [0.15, 0.2) is 52.1 Å². The molecule has 1 heterocycles. The number of hydrogen-bond acceptors (Lipinski definition) is 4. The number of nitrogens with zero attached hydrogens (tertiary/aromatic N) is 2. The summed E-state index contributed by atoms with van der Waals surface area (Å²) >= 11 is 0. The molecule has 0 aliphatic carbocycles. The molecule has 24 heavy (non-hydrogen) atoms. The second-order valence-electron chi connectivity index (χ2n) is 6.40. The molecule has 7 nitrogen and oxygen atoms in total. The lowest BCUT2D eigenvalue weighted by atomic mass is 10.1. The van der Waals surface area contributed by atoms with Gasteiger partial charge < -0.3 is 15.1 Å². The largest absolute Gasteiger partial charge is 0.467 e. The second-order valence-corrected chi connectivity index (χ2v) is 6.40. The number of rotatable bonds is 5. The summed E-state index contributed by atoms with van der Waals surface area (Å²) in [4.78, 5) is 14.8. The zero-order chi connectivity index (χ0) is 17.6. The Hall–Kier alpha value is -2.83. The van der Waals surface area contributed by atoms with Crippen molar-refractivity contribution in [2.24, 2.45) is 4.99 Å². The van der Waals surface area contributed by atoms with Crippen LogP contribution in [0.3, 0.4) is 0 Å². The van der Waals surface area contributed by atoms with E-state index in [4.69, 9.17) is 4.42 Å². The van der Waals surface area contributed by atoms with Gasteiger partial charge in [0, 0.05) is 17.7 Å². The van der Waals surface area contributed by atoms with Gasteiger partial charge in [-0.05, 0) is 38.5 Å². The summed E-state index contributed by atoms with van der Waals surface area (Å²) in [5.41, 5.74) is 0.824. The number of hydrogen-bond donors (Lipinski definition) is 2. The maximum atomic E-state index is 10.7. The number of benzene rings is 1. The predicted octanol–water partition coefficient (Wildman–Crippen LogP) is 3.22. The molecule has 0 bridgehead atoms. The van der Waals surface area contributed by atoms with E-state index < -0.39 is 4.92 Å². The molecule has 2 rings (SSSR count). The van der Waals surface area contributed by atoms with Crippen LogP contribution in [0.2, 0.25) is 0 Å². The number of guanidine groups is 1. The molecule has 2 N–H and O–H groups in total. The van der Waals surface area contributed by atoms with Gasteiger partial charge in [0.1, 0.15) is 5.76 Å². The molecular weight excluding hydrogens is 308 g/mol. The zero-order valence-electron chi connectivity index (χ0n) is 14.1. The normalized spacial score (nSPS) is 12.0. The Kier molecular flexibility index (Phi) is 5.57. The fraction of sp³-hybridized carbons (Fsp3) is 0.353. The molecule has 0 spiro atoms. The molecular formula is C17H22N4O3. The molecule has 0 amide bonds. The number of aliphatic imine (C=N–C) groups is 1. The van der Waals surface area contributed by atoms with E-state index in [0.717, 1.165) is 11.3 Å². The van der Waals surface area contributed by atoms with E-state index in [-0.39, 0.29) is 11.2 Å². The van der Waals surface area contributed by atoms with Crippen LogP contribution in [0.25, 0.3) is 0 Å². The summed E-state index contributed by atoms with van der Waals surface area (Å²) in [5, 5.41) is 17.2. The summed E-state index contributed by atoms with van der Waals surface area (Å²) < 4.78 is 5.30. The number of nitro benzene ring substituents is 1. The molecule has 0 saturated carbocycles. The fourth-order valence-electron chi connectivity index (χ4n) is 1.97. The summed E-state index contributed by atoms with van der Waals surface area (Å²) in [6.07, 6.45) is 1.63. The maximum Gasteiger partial charge on any atom is 0.269 e. The standard InChI is InChI=1S/C17H22N4O3/c1-17(2,3)20-16(19-12-15-5-4-10-24-15)18-11-13-6-8-14(9-7-13)21(22)23/h4-10H,11-12H2,1-3H3,(H2,18,19,20). The van der Waals surface area contributed by atoms with Gasteiger partial charge >= 0.3 is 0 Å². The first-order valence-electron chi connectivity index (χ1n) is 7.66. The van der Waals surface area contributed by atoms with Crippen LogP contribution < -0.4 is 10.6 Å². The van der Waals surface area contributed by atoms with Gasteiger partial charge in [-0.2, -0.15) is 0 Å².